The number of rotatable bonds is 5. The van der Waals surface area contributed by atoms with Crippen LogP contribution in [0.15, 0.2) is 42.5 Å². The Balaban J connectivity index is 1.34. The van der Waals surface area contributed by atoms with Crippen molar-refractivity contribution in [2.45, 2.75) is 6.42 Å². The standard InChI is InChI=1S/C20H20N2O5/c1-25-14-4-2-3-12(9-14)21-19(23)15-11-16(15)20(24)22-13-5-6-17-18(10-13)27-8-7-26-17/h2-6,9-10,15-16H,7-8,11H2,1H3,(H,21,23)(H,22,24). The molecule has 7 heteroatoms. The van der Waals surface area contributed by atoms with Crippen LogP contribution in [0.4, 0.5) is 11.4 Å². The van der Waals surface area contributed by atoms with E-state index in [0.29, 0.717) is 48.3 Å². The van der Waals surface area contributed by atoms with Crippen LogP contribution in [-0.2, 0) is 9.59 Å². The van der Waals surface area contributed by atoms with E-state index in [9.17, 15) is 9.59 Å². The van der Waals surface area contributed by atoms with Crippen LogP contribution in [0.3, 0.4) is 0 Å². The van der Waals surface area contributed by atoms with E-state index in [-0.39, 0.29) is 23.7 Å². The molecular formula is C20H20N2O5. The average molecular weight is 368 g/mol. The molecule has 2 aromatic carbocycles. The van der Waals surface area contributed by atoms with Gasteiger partial charge in [-0.3, -0.25) is 9.59 Å². The van der Waals surface area contributed by atoms with Gasteiger partial charge in [-0.2, -0.15) is 0 Å². The van der Waals surface area contributed by atoms with Gasteiger partial charge in [-0.25, -0.2) is 0 Å². The Labute approximate surface area is 156 Å². The third-order valence-corrected chi connectivity index (χ3v) is 4.61. The summed E-state index contributed by atoms with van der Waals surface area (Å²) in [6.45, 7) is 1.00. The molecule has 0 radical (unpaired) electrons. The number of nitrogens with one attached hydrogen (secondary N) is 2. The largest absolute Gasteiger partial charge is 0.497 e. The molecule has 1 aliphatic heterocycles. The van der Waals surface area contributed by atoms with Crippen LogP contribution in [0.5, 0.6) is 17.2 Å². The van der Waals surface area contributed by atoms with E-state index in [1.165, 1.54) is 0 Å². The molecule has 2 aromatic rings. The van der Waals surface area contributed by atoms with Crippen molar-refractivity contribution in [3.05, 3.63) is 42.5 Å². The maximum Gasteiger partial charge on any atom is 0.228 e. The lowest BCUT2D eigenvalue weighted by molar-refractivity contribution is -0.122. The van der Waals surface area contributed by atoms with Crippen molar-refractivity contribution in [1.29, 1.82) is 0 Å². The molecule has 2 atom stereocenters. The zero-order valence-electron chi connectivity index (χ0n) is 14.9. The Kier molecular flexibility index (Phi) is 4.58. The summed E-state index contributed by atoms with van der Waals surface area (Å²) in [5.41, 5.74) is 1.28. The van der Waals surface area contributed by atoms with Gasteiger partial charge in [-0.15, -0.1) is 0 Å². The number of benzene rings is 2. The predicted molar refractivity (Wildman–Crippen MR) is 99.3 cm³/mol. The molecule has 0 bridgehead atoms. The van der Waals surface area contributed by atoms with Crippen LogP contribution in [0.1, 0.15) is 6.42 Å². The second-order valence-electron chi connectivity index (χ2n) is 6.52. The number of carbonyl (C=O) groups excluding carboxylic acids is 2. The first kappa shape index (κ1) is 17.2. The second-order valence-corrected chi connectivity index (χ2v) is 6.52. The van der Waals surface area contributed by atoms with Gasteiger partial charge in [0.2, 0.25) is 11.8 Å². The number of fused-ring (bicyclic) bond motifs is 1. The molecule has 2 aliphatic rings. The number of hydrogen-bond donors (Lipinski definition) is 2. The van der Waals surface area contributed by atoms with Crippen LogP contribution in [0.25, 0.3) is 0 Å². The Hall–Kier alpha value is -3.22. The molecule has 27 heavy (non-hydrogen) atoms. The summed E-state index contributed by atoms with van der Waals surface area (Å²) in [5, 5.41) is 5.68. The highest BCUT2D eigenvalue weighted by atomic mass is 16.6. The van der Waals surface area contributed by atoms with Crippen molar-refractivity contribution < 1.29 is 23.8 Å². The lowest BCUT2D eigenvalue weighted by atomic mass is 10.2. The molecule has 1 aliphatic carbocycles. The molecule has 7 nitrogen and oxygen atoms in total. The molecule has 4 rings (SSSR count). The van der Waals surface area contributed by atoms with E-state index in [0.717, 1.165) is 0 Å². The minimum absolute atomic E-state index is 0.162. The van der Waals surface area contributed by atoms with Crippen molar-refractivity contribution in [2.75, 3.05) is 31.0 Å². The SMILES string of the molecule is COc1cccc(NC(=O)C2CC2C(=O)Nc2ccc3c(c2)OCCO3)c1. The van der Waals surface area contributed by atoms with E-state index in [2.05, 4.69) is 10.6 Å². The molecule has 140 valence electrons. The molecule has 1 saturated carbocycles. The fourth-order valence-electron chi connectivity index (χ4n) is 3.07. The van der Waals surface area contributed by atoms with Crippen LogP contribution < -0.4 is 24.8 Å². The number of hydrogen-bond acceptors (Lipinski definition) is 5. The van der Waals surface area contributed by atoms with Crippen LogP contribution in [0.2, 0.25) is 0 Å². The van der Waals surface area contributed by atoms with Gasteiger partial charge < -0.3 is 24.8 Å². The highest BCUT2D eigenvalue weighted by Crippen LogP contribution is 2.41. The van der Waals surface area contributed by atoms with Gasteiger partial charge in [-0.05, 0) is 30.7 Å². The number of anilines is 2. The van der Waals surface area contributed by atoms with Crippen molar-refractivity contribution in [3.63, 3.8) is 0 Å². The molecule has 0 aromatic heterocycles. The summed E-state index contributed by atoms with van der Waals surface area (Å²) >= 11 is 0. The molecule has 0 saturated heterocycles. The van der Waals surface area contributed by atoms with Crippen LogP contribution >= 0.6 is 0 Å². The summed E-state index contributed by atoms with van der Waals surface area (Å²) in [6.07, 6.45) is 0.534. The third kappa shape index (κ3) is 3.81. The van der Waals surface area contributed by atoms with Crippen molar-refractivity contribution in [2.24, 2.45) is 11.8 Å². The van der Waals surface area contributed by atoms with Gasteiger partial charge in [0.1, 0.15) is 19.0 Å². The molecule has 2 unspecified atom stereocenters. The molecule has 0 spiro atoms. The zero-order valence-corrected chi connectivity index (χ0v) is 14.9. The molecular weight excluding hydrogens is 348 g/mol. The minimum Gasteiger partial charge on any atom is -0.497 e. The number of ether oxygens (including phenoxy) is 3. The van der Waals surface area contributed by atoms with Crippen LogP contribution in [-0.4, -0.2) is 32.1 Å². The quantitative estimate of drug-likeness (QED) is 0.847. The van der Waals surface area contributed by atoms with Crippen molar-refractivity contribution in [3.8, 4) is 17.2 Å². The summed E-state index contributed by atoms with van der Waals surface area (Å²) < 4.78 is 16.1. The fraction of sp³-hybridized carbons (Fsp3) is 0.300. The topological polar surface area (TPSA) is 85.9 Å². The summed E-state index contributed by atoms with van der Waals surface area (Å²) in [7, 11) is 1.57. The van der Waals surface area contributed by atoms with Crippen LogP contribution in [0, 0.1) is 11.8 Å². The lowest BCUT2D eigenvalue weighted by Gasteiger charge is -2.19. The maximum atomic E-state index is 12.4. The van der Waals surface area contributed by atoms with E-state index in [1.807, 2.05) is 0 Å². The highest BCUT2D eigenvalue weighted by molar-refractivity contribution is 6.03. The summed E-state index contributed by atoms with van der Waals surface area (Å²) in [5.74, 6) is 0.958. The number of methoxy groups -OCH3 is 1. The smallest absolute Gasteiger partial charge is 0.228 e. The predicted octanol–water partition coefficient (Wildman–Crippen LogP) is 2.68. The maximum absolute atomic E-state index is 12.4. The molecule has 2 N–H and O–H groups in total. The third-order valence-electron chi connectivity index (χ3n) is 4.61. The molecule has 2 amide bonds. The first-order chi connectivity index (χ1) is 13.1. The Bertz CT molecular complexity index is 882. The highest BCUT2D eigenvalue weighted by Gasteiger charge is 2.48. The second kappa shape index (κ2) is 7.19. The Morgan fingerprint density at radius 2 is 1.59 bits per heavy atom. The number of carbonyl (C=O) groups is 2. The Morgan fingerprint density at radius 3 is 2.30 bits per heavy atom. The first-order valence-corrected chi connectivity index (χ1v) is 8.79. The van der Waals surface area contributed by atoms with Crippen molar-refractivity contribution >= 4 is 23.2 Å². The molecule has 1 heterocycles. The van der Waals surface area contributed by atoms with Gasteiger partial charge >= 0.3 is 0 Å². The van der Waals surface area contributed by atoms with Gasteiger partial charge in [0, 0.05) is 23.5 Å². The molecule has 1 fully saturated rings. The van der Waals surface area contributed by atoms with E-state index >= 15 is 0 Å². The Morgan fingerprint density at radius 1 is 0.926 bits per heavy atom. The van der Waals surface area contributed by atoms with E-state index in [4.69, 9.17) is 14.2 Å². The monoisotopic (exact) mass is 368 g/mol. The fourth-order valence-corrected chi connectivity index (χ4v) is 3.07. The summed E-state index contributed by atoms with van der Waals surface area (Å²) in [6, 6.07) is 12.4. The van der Waals surface area contributed by atoms with Gasteiger partial charge in [-0.1, -0.05) is 6.07 Å². The van der Waals surface area contributed by atoms with E-state index < -0.39 is 0 Å². The summed E-state index contributed by atoms with van der Waals surface area (Å²) in [4.78, 5) is 24.8. The average Bonchev–Trinajstić information content (AvgIpc) is 3.49. The minimum atomic E-state index is -0.330. The van der Waals surface area contributed by atoms with Gasteiger partial charge in [0.15, 0.2) is 11.5 Å². The van der Waals surface area contributed by atoms with E-state index in [1.54, 1.807) is 49.6 Å². The first-order valence-electron chi connectivity index (χ1n) is 8.79. The normalized spacial score (nSPS) is 19.7. The lowest BCUT2D eigenvalue weighted by Crippen LogP contribution is -2.21. The zero-order chi connectivity index (χ0) is 18.8. The number of amides is 2. The van der Waals surface area contributed by atoms with Crippen molar-refractivity contribution in [1.82, 2.24) is 0 Å². The van der Waals surface area contributed by atoms with Gasteiger partial charge in [0.25, 0.3) is 0 Å². The van der Waals surface area contributed by atoms with Gasteiger partial charge in [0.05, 0.1) is 18.9 Å².